The summed E-state index contributed by atoms with van der Waals surface area (Å²) in [4.78, 5) is 38.9. The Bertz CT molecular complexity index is 2800. The molecule has 620 valence electrons. The van der Waals surface area contributed by atoms with Crippen molar-refractivity contribution < 1.29 is 217 Å². The van der Waals surface area contributed by atoms with E-state index in [-0.39, 0.29) is 0 Å². The Balaban J connectivity index is 1.04. The van der Waals surface area contributed by atoms with Gasteiger partial charge in [-0.2, -0.15) is 0 Å². The lowest BCUT2D eigenvalue weighted by Gasteiger charge is -2.51. The minimum Gasteiger partial charge on any atom is -0.394 e. The standard InChI is InChI=1S/C60H101N3O44/c1-13-28(72)36(80)41(85)55(93-13)92-12-24-47(103-58-44(88)39(83)31(75)19(7-65)97-58)35(79)26(62-16(4)70)54(101-24)107-51-40(84)32(76)20(8-66)98-60(51)106-50-33(77)23(11-91-56-42(86)38(82)30(74)18(6-64)96-56)100-59(45(50)89)102-46-21(9-67)99-53(25(34(46)78)61-15(3)69)104-48-22(10-68)95-52(90)27(63-17(5)71)49(48)105-57-43(87)37(81)29(73)14(2)94-57/h13-14,18-60,64-68,72-90H,6-12H2,1-5H3,(H,61,69)(H,62,70)(H,63,71)/t13-,14-,18-,19-,20-,21-,22-,23-,24-,25-,26-,27-,28+,29+,30-,31+,32-,33-,34-,35-,36+,37+,38+,39+,40+,41-,42+,43-,44-,45+,46-,47-,48-,49-,50+,51+,52-,53+,54+,55+,56+,57-,58+,59+,60-/m1/s1. The Labute approximate surface area is 606 Å². The molecule has 9 aliphatic rings. The maximum Gasteiger partial charge on any atom is 0.217 e. The molecule has 27 N–H and O–H groups in total. The number of nitrogens with one attached hydrogen (secondary N) is 3. The van der Waals surface area contributed by atoms with Gasteiger partial charge in [0.25, 0.3) is 0 Å². The van der Waals surface area contributed by atoms with Crippen LogP contribution in [-0.2, 0) is 94.9 Å². The number of aliphatic hydroxyl groups is 24. The van der Waals surface area contributed by atoms with E-state index in [0.717, 1.165) is 20.8 Å². The minimum atomic E-state index is -2.53. The van der Waals surface area contributed by atoms with Crippen LogP contribution in [0.25, 0.3) is 0 Å². The van der Waals surface area contributed by atoms with Gasteiger partial charge in [0.1, 0.15) is 207 Å². The fraction of sp³-hybridized carbons (Fsp3) is 0.950. The first kappa shape index (κ1) is 87.7. The molecule has 0 aromatic heterocycles. The van der Waals surface area contributed by atoms with E-state index in [1.165, 1.54) is 13.8 Å². The Hall–Kier alpha value is -3.23. The number of carbonyl (C=O) groups is 3. The molecule has 0 radical (unpaired) electrons. The molecule has 9 heterocycles. The number of aliphatic hydroxyl groups excluding tert-OH is 24. The van der Waals surface area contributed by atoms with Crippen LogP contribution in [0.1, 0.15) is 34.6 Å². The van der Waals surface area contributed by atoms with Crippen LogP contribution in [0.15, 0.2) is 0 Å². The molecule has 0 unspecified atom stereocenters. The summed E-state index contributed by atoms with van der Waals surface area (Å²) in [5.41, 5.74) is 0. The predicted molar refractivity (Wildman–Crippen MR) is 329 cm³/mol. The van der Waals surface area contributed by atoms with Crippen LogP contribution in [0, 0.1) is 0 Å². The third kappa shape index (κ3) is 19.3. The number of hydrogen-bond acceptors (Lipinski definition) is 44. The van der Waals surface area contributed by atoms with Crippen LogP contribution >= 0.6 is 0 Å². The number of amides is 3. The van der Waals surface area contributed by atoms with Gasteiger partial charge < -0.3 is 219 Å². The summed E-state index contributed by atoms with van der Waals surface area (Å²) in [5.74, 6) is -2.76. The molecule has 9 aliphatic heterocycles. The highest BCUT2D eigenvalue weighted by molar-refractivity contribution is 5.74. The third-order valence-corrected chi connectivity index (χ3v) is 19.9. The van der Waals surface area contributed by atoms with Gasteiger partial charge in [0.05, 0.1) is 58.5 Å². The molecule has 47 nitrogen and oxygen atoms in total. The molecule has 9 saturated heterocycles. The molecule has 107 heavy (non-hydrogen) atoms. The summed E-state index contributed by atoms with van der Waals surface area (Å²) in [6.45, 7) is -1.93. The van der Waals surface area contributed by atoms with Crippen LogP contribution in [-0.4, -0.2) is 463 Å². The summed E-state index contributed by atoms with van der Waals surface area (Å²) >= 11 is 0. The predicted octanol–water partition coefficient (Wildman–Crippen LogP) is -18.1. The Morgan fingerprint density at radius 1 is 0.262 bits per heavy atom. The van der Waals surface area contributed by atoms with Gasteiger partial charge in [-0.05, 0) is 13.8 Å². The van der Waals surface area contributed by atoms with E-state index in [1.54, 1.807) is 0 Å². The number of rotatable bonds is 26. The Morgan fingerprint density at radius 2 is 0.579 bits per heavy atom. The average Bonchev–Trinajstić information content (AvgIpc) is 0.765. The minimum absolute atomic E-state index is 0.832. The summed E-state index contributed by atoms with van der Waals surface area (Å²) in [6, 6.07) is -5.68. The highest BCUT2D eigenvalue weighted by Crippen LogP contribution is 2.40. The second-order valence-corrected chi connectivity index (χ2v) is 27.4. The normalized spacial score (nSPS) is 50.7. The van der Waals surface area contributed by atoms with Crippen molar-refractivity contribution in [3.63, 3.8) is 0 Å². The topological polar surface area (TPSA) is 730 Å². The maximum atomic E-state index is 13.1. The van der Waals surface area contributed by atoms with Crippen LogP contribution in [0.3, 0.4) is 0 Å². The molecule has 45 atom stereocenters. The van der Waals surface area contributed by atoms with E-state index in [4.69, 9.17) is 80.5 Å². The van der Waals surface area contributed by atoms with Crippen LogP contribution in [0.2, 0.25) is 0 Å². The fourth-order valence-electron chi connectivity index (χ4n) is 13.8. The number of hydrogen-bond donors (Lipinski definition) is 27. The van der Waals surface area contributed by atoms with Crippen molar-refractivity contribution in [1.82, 2.24) is 16.0 Å². The molecular weight excluding hydrogens is 1470 g/mol. The highest BCUT2D eigenvalue weighted by atomic mass is 16.8. The second-order valence-electron chi connectivity index (χ2n) is 27.4. The largest absolute Gasteiger partial charge is 0.394 e. The van der Waals surface area contributed by atoms with Gasteiger partial charge in [-0.1, -0.05) is 0 Å². The lowest BCUT2D eigenvalue weighted by Crippen LogP contribution is -2.71. The second kappa shape index (κ2) is 37.8. The summed E-state index contributed by atoms with van der Waals surface area (Å²) in [5, 5.41) is 272. The van der Waals surface area contributed by atoms with Gasteiger partial charge in [-0.3, -0.25) is 14.4 Å². The smallest absolute Gasteiger partial charge is 0.217 e. The van der Waals surface area contributed by atoms with Gasteiger partial charge >= 0.3 is 0 Å². The molecule has 9 rings (SSSR count). The number of carbonyl (C=O) groups excluding carboxylic acids is 3. The van der Waals surface area contributed by atoms with Gasteiger partial charge in [0, 0.05) is 20.8 Å². The zero-order valence-corrected chi connectivity index (χ0v) is 57.8. The van der Waals surface area contributed by atoms with E-state index in [9.17, 15) is 137 Å². The van der Waals surface area contributed by atoms with Crippen LogP contribution in [0.5, 0.6) is 0 Å². The molecule has 0 aromatic carbocycles. The van der Waals surface area contributed by atoms with Crippen molar-refractivity contribution in [1.29, 1.82) is 0 Å². The highest BCUT2D eigenvalue weighted by Gasteiger charge is 2.61. The fourth-order valence-corrected chi connectivity index (χ4v) is 13.8. The molecule has 0 saturated carbocycles. The Morgan fingerprint density at radius 3 is 1.07 bits per heavy atom. The first-order valence-corrected chi connectivity index (χ1v) is 34.3. The molecule has 0 aliphatic carbocycles. The zero-order valence-electron chi connectivity index (χ0n) is 57.8. The van der Waals surface area contributed by atoms with Crippen molar-refractivity contribution in [2.75, 3.05) is 46.2 Å². The first-order chi connectivity index (χ1) is 50.5. The quantitative estimate of drug-likeness (QED) is 0.0382. The molecule has 0 bridgehead atoms. The van der Waals surface area contributed by atoms with E-state index in [0.29, 0.717) is 0 Å². The molecule has 0 aromatic rings. The first-order valence-electron chi connectivity index (χ1n) is 34.3. The van der Waals surface area contributed by atoms with Gasteiger partial charge in [-0.15, -0.1) is 0 Å². The third-order valence-electron chi connectivity index (χ3n) is 19.9. The SMILES string of the molecule is CC(=O)N[C@@H]1[C@@H](O[C@H]2O[C@H](C)[C@H](O)[C@H](O)[C@H]2O)[C@H](O[C@@H]2O[C@H](CO)[C@@H](O[C@@H]3O[C@H](CO[C@H]4O[C@H](CO)[C@@H](O)[C@H](O)[C@@H]4O)[C@@H](O)[C@H](O[C@H]4O[C@H](CO)[C@@H](O)[C@H](O)[C@@H]4O[C@@H]4O[C@H](CO[C@H]5O[C@H](C)[C@H](O)[C@H](O)[C@H]5O)[C@@H](O[C@@H]5O[C@H](CO)[C@H](O)[C@H](O)[C@H]5O)[C@H](O)[C@H]4NC(C)=O)[C@@H]3O)[C@H](O)[C@H]2NC(C)=O)[C@@H](CO)O[C@H]1O. The van der Waals surface area contributed by atoms with Gasteiger partial charge in [0.15, 0.2) is 56.6 Å². The van der Waals surface area contributed by atoms with E-state index < -0.39 is 340 Å². The molecular formula is C60H101N3O44. The monoisotopic (exact) mass is 1570 g/mol. The lowest BCUT2D eigenvalue weighted by atomic mass is 9.93. The summed E-state index contributed by atoms with van der Waals surface area (Å²) in [7, 11) is 0. The van der Waals surface area contributed by atoms with Crippen LogP contribution in [0.4, 0.5) is 0 Å². The van der Waals surface area contributed by atoms with Crippen molar-refractivity contribution in [3.8, 4) is 0 Å². The van der Waals surface area contributed by atoms with E-state index in [2.05, 4.69) is 16.0 Å². The summed E-state index contributed by atoms with van der Waals surface area (Å²) in [6.07, 6.45) is -84.3. The van der Waals surface area contributed by atoms with Crippen LogP contribution < -0.4 is 16.0 Å². The zero-order chi connectivity index (χ0) is 78.8. The van der Waals surface area contributed by atoms with Crippen molar-refractivity contribution in [3.05, 3.63) is 0 Å². The van der Waals surface area contributed by atoms with Crippen molar-refractivity contribution in [2.24, 2.45) is 0 Å². The molecule has 47 heteroatoms. The van der Waals surface area contributed by atoms with Gasteiger partial charge in [-0.25, -0.2) is 0 Å². The van der Waals surface area contributed by atoms with E-state index in [1.807, 2.05) is 0 Å². The van der Waals surface area contributed by atoms with Crippen molar-refractivity contribution >= 4 is 17.7 Å². The molecule has 3 amide bonds. The average molecular weight is 1570 g/mol. The van der Waals surface area contributed by atoms with E-state index >= 15 is 0 Å². The summed E-state index contributed by atoms with van der Waals surface area (Å²) < 4.78 is 101. The molecule has 9 fully saturated rings. The Kier molecular flexibility index (Phi) is 31.0. The molecule has 0 spiro atoms. The van der Waals surface area contributed by atoms with Crippen molar-refractivity contribution in [2.45, 2.75) is 311 Å². The number of ether oxygens (including phenoxy) is 17. The maximum absolute atomic E-state index is 13.1. The lowest BCUT2D eigenvalue weighted by molar-refractivity contribution is -0.399. The van der Waals surface area contributed by atoms with Gasteiger partial charge in [0.2, 0.25) is 17.7 Å².